The van der Waals surface area contributed by atoms with E-state index in [0.29, 0.717) is 41.6 Å². The van der Waals surface area contributed by atoms with Crippen molar-refractivity contribution in [1.29, 1.82) is 5.41 Å². The van der Waals surface area contributed by atoms with E-state index in [1.165, 1.54) is 0 Å². The van der Waals surface area contributed by atoms with Crippen LogP contribution in [0.25, 0.3) is 0 Å². The van der Waals surface area contributed by atoms with E-state index in [-0.39, 0.29) is 48.8 Å². The van der Waals surface area contributed by atoms with Crippen molar-refractivity contribution >= 4 is 29.2 Å². The monoisotopic (exact) mass is 568 g/mol. The highest BCUT2D eigenvalue weighted by Crippen LogP contribution is 2.40. The summed E-state index contributed by atoms with van der Waals surface area (Å²) >= 11 is 0. The highest BCUT2D eigenvalue weighted by atomic mass is 16.5. The van der Waals surface area contributed by atoms with E-state index in [1.807, 2.05) is 45.8 Å². The molecule has 2 aromatic carbocycles. The number of Topliss-reactive ketones (excluding diaryl/α,β-unsaturated/α-hetero) is 1. The van der Waals surface area contributed by atoms with E-state index in [0.717, 1.165) is 11.3 Å². The Morgan fingerprint density at radius 2 is 1.80 bits per heavy atom. The van der Waals surface area contributed by atoms with E-state index < -0.39 is 18.0 Å². The van der Waals surface area contributed by atoms with Gasteiger partial charge in [-0.2, -0.15) is 0 Å². The molecule has 1 heterocycles. The van der Waals surface area contributed by atoms with Crippen molar-refractivity contribution in [3.63, 3.8) is 0 Å². The number of anilines is 1. The Balaban J connectivity index is 1.95. The smallest absolute Gasteiger partial charge is 0.341 e. The molecule has 2 aromatic rings. The molecule has 0 aromatic heterocycles. The molecule has 0 aliphatic carbocycles. The van der Waals surface area contributed by atoms with Gasteiger partial charge in [-0.15, -0.1) is 0 Å². The summed E-state index contributed by atoms with van der Waals surface area (Å²) in [7, 11) is 5.24. The molecule has 0 unspecified atom stereocenters. The normalized spacial score (nSPS) is 12.7. The number of amides is 1. The third kappa shape index (κ3) is 7.35. The summed E-state index contributed by atoms with van der Waals surface area (Å²) in [6.45, 7) is 5.74. The minimum absolute atomic E-state index is 0.0162. The van der Waals surface area contributed by atoms with Gasteiger partial charge in [-0.05, 0) is 48.1 Å². The van der Waals surface area contributed by atoms with Gasteiger partial charge in [-0.1, -0.05) is 20.8 Å². The number of carboxylic acids is 1. The van der Waals surface area contributed by atoms with E-state index in [2.05, 4.69) is 5.32 Å². The summed E-state index contributed by atoms with van der Waals surface area (Å²) in [5, 5.41) is 29.7. The molecule has 41 heavy (non-hydrogen) atoms. The van der Waals surface area contributed by atoms with Crippen LogP contribution in [0.15, 0.2) is 24.3 Å². The number of hydrogen-bond donors (Lipinski definition) is 4. The number of nitrogens with one attached hydrogen (secondary N) is 2. The van der Waals surface area contributed by atoms with Crippen molar-refractivity contribution in [1.82, 2.24) is 10.2 Å². The number of hydrogen-bond acceptors (Lipinski definition) is 8. The summed E-state index contributed by atoms with van der Waals surface area (Å²) in [6, 6.07) is 6.82. The molecule has 0 radical (unpaired) electrons. The summed E-state index contributed by atoms with van der Waals surface area (Å²) in [5.41, 5.74) is 3.07. The number of carbonyl (C=O) groups is 3. The molecule has 0 spiro atoms. The number of aliphatic carboxylic acids is 1. The molecule has 0 fully saturated rings. The molecule has 0 bridgehead atoms. The number of nitrogens with zero attached hydrogens (tertiary/aromatic N) is 2. The second-order valence-electron chi connectivity index (χ2n) is 11.2. The molecule has 0 atom stereocenters. The molecule has 1 aliphatic rings. The van der Waals surface area contributed by atoms with Crippen LogP contribution in [0.4, 0.5) is 5.69 Å². The fourth-order valence-electron chi connectivity index (χ4n) is 4.63. The van der Waals surface area contributed by atoms with Crippen LogP contribution in [0.3, 0.4) is 0 Å². The molecular formula is C30H40N4O7. The van der Waals surface area contributed by atoms with Crippen LogP contribution in [0.5, 0.6) is 11.5 Å². The first-order valence-corrected chi connectivity index (χ1v) is 13.5. The Morgan fingerprint density at radius 3 is 2.39 bits per heavy atom. The van der Waals surface area contributed by atoms with Gasteiger partial charge in [0.15, 0.2) is 23.9 Å². The average Bonchev–Trinajstić information content (AvgIpc) is 3.21. The van der Waals surface area contributed by atoms with Crippen LogP contribution in [-0.4, -0.2) is 86.1 Å². The molecule has 0 saturated heterocycles. The molecule has 11 heteroatoms. The Morgan fingerprint density at radius 1 is 1.10 bits per heavy atom. The second-order valence-corrected chi connectivity index (χ2v) is 11.2. The lowest BCUT2D eigenvalue weighted by Gasteiger charge is -2.26. The predicted octanol–water partition coefficient (Wildman–Crippen LogP) is 3.05. The summed E-state index contributed by atoms with van der Waals surface area (Å²) in [4.78, 5) is 40.9. The number of unbranched alkanes of at least 4 members (excludes halogenated alkanes) is 1. The molecule has 0 saturated carbocycles. The second kappa shape index (κ2) is 13.0. The van der Waals surface area contributed by atoms with Crippen LogP contribution in [0, 0.1) is 5.41 Å². The molecule has 222 valence electrons. The SMILES string of the molecule is CNC(=O)c1cc2c(cc1N(C)C)CN(CC(=O)c1cc(OCCCCO)c(OCC(=O)O)c(C(C)(C)C)c1)C2=N. The molecule has 4 N–H and O–H groups in total. The Bertz CT molecular complexity index is 1330. The van der Waals surface area contributed by atoms with Crippen molar-refractivity contribution in [2.24, 2.45) is 0 Å². The van der Waals surface area contributed by atoms with Crippen molar-refractivity contribution in [2.75, 3.05) is 52.4 Å². The molecule has 1 amide bonds. The standard InChI is InChI=1S/C30H40N4O7/c1-30(2,3)22-11-18(13-25(40-10-8-7-9-35)27(22)41-17-26(37)38)24(36)16-34-15-19-12-23(33(5)6)21(29(39)32-4)14-20(19)28(34)31/h11-14,31,35H,7-10,15-17H2,1-6H3,(H,32,39)(H,37,38). The van der Waals surface area contributed by atoms with E-state index in [1.54, 1.807) is 30.1 Å². The van der Waals surface area contributed by atoms with Crippen molar-refractivity contribution in [3.05, 3.63) is 52.1 Å². The number of aliphatic hydroxyl groups excluding tert-OH is 1. The zero-order valence-electron chi connectivity index (χ0n) is 24.6. The van der Waals surface area contributed by atoms with Gasteiger partial charge in [0.2, 0.25) is 0 Å². The minimum Gasteiger partial charge on any atom is -0.490 e. The minimum atomic E-state index is -1.14. The lowest BCUT2D eigenvalue weighted by Crippen LogP contribution is -2.30. The van der Waals surface area contributed by atoms with Crippen LogP contribution < -0.4 is 19.7 Å². The molecule has 1 aliphatic heterocycles. The fourth-order valence-corrected chi connectivity index (χ4v) is 4.63. The lowest BCUT2D eigenvalue weighted by atomic mass is 9.84. The summed E-state index contributed by atoms with van der Waals surface area (Å²) in [5.74, 6) is -0.977. The highest BCUT2D eigenvalue weighted by molar-refractivity contribution is 6.08. The molecule has 11 nitrogen and oxygen atoms in total. The number of rotatable bonds is 13. The van der Waals surface area contributed by atoms with E-state index in [9.17, 15) is 19.5 Å². The lowest BCUT2D eigenvalue weighted by molar-refractivity contribution is -0.139. The van der Waals surface area contributed by atoms with Crippen LogP contribution in [0.2, 0.25) is 0 Å². The maximum atomic E-state index is 13.6. The van der Waals surface area contributed by atoms with Gasteiger partial charge >= 0.3 is 5.97 Å². The van der Waals surface area contributed by atoms with Gasteiger partial charge in [0.25, 0.3) is 5.91 Å². The van der Waals surface area contributed by atoms with Crippen LogP contribution in [-0.2, 0) is 16.8 Å². The van der Waals surface area contributed by atoms with Gasteiger partial charge in [-0.3, -0.25) is 15.0 Å². The Labute approximate surface area is 240 Å². The zero-order valence-corrected chi connectivity index (χ0v) is 24.6. The largest absolute Gasteiger partial charge is 0.490 e. The first-order valence-electron chi connectivity index (χ1n) is 13.5. The van der Waals surface area contributed by atoms with Crippen molar-refractivity contribution < 1.29 is 34.1 Å². The number of fused-ring (bicyclic) bond motifs is 1. The van der Waals surface area contributed by atoms with Gasteiger partial charge < -0.3 is 34.8 Å². The summed E-state index contributed by atoms with van der Waals surface area (Å²) in [6.07, 6.45) is 1.10. The average molecular weight is 569 g/mol. The van der Waals surface area contributed by atoms with Crippen molar-refractivity contribution in [3.8, 4) is 11.5 Å². The van der Waals surface area contributed by atoms with Gasteiger partial charge in [-0.25, -0.2) is 4.79 Å². The number of ketones is 1. The number of ether oxygens (including phenoxy) is 2. The number of aliphatic hydroxyl groups is 1. The summed E-state index contributed by atoms with van der Waals surface area (Å²) < 4.78 is 11.6. The third-order valence-corrected chi connectivity index (χ3v) is 6.78. The first kappa shape index (κ1) is 31.4. The number of amidine groups is 1. The predicted molar refractivity (Wildman–Crippen MR) is 156 cm³/mol. The topological polar surface area (TPSA) is 152 Å². The van der Waals surface area contributed by atoms with Gasteiger partial charge in [0.05, 0.1) is 18.7 Å². The van der Waals surface area contributed by atoms with E-state index >= 15 is 0 Å². The van der Waals surface area contributed by atoms with Crippen molar-refractivity contribution in [2.45, 2.75) is 45.6 Å². The number of carbonyl (C=O) groups excluding carboxylic acids is 2. The first-order chi connectivity index (χ1) is 19.3. The Hall–Kier alpha value is -4.12. The maximum absolute atomic E-state index is 13.6. The van der Waals surface area contributed by atoms with Crippen LogP contribution >= 0.6 is 0 Å². The van der Waals surface area contributed by atoms with Crippen LogP contribution in [0.1, 0.15) is 71.0 Å². The third-order valence-electron chi connectivity index (χ3n) is 6.78. The zero-order chi connectivity index (χ0) is 30.5. The fraction of sp³-hybridized carbons (Fsp3) is 0.467. The maximum Gasteiger partial charge on any atom is 0.341 e. The number of benzene rings is 2. The Kier molecular flexibility index (Phi) is 9.98. The number of carboxylic acid groups (broad SMARTS) is 1. The van der Waals surface area contributed by atoms with Gasteiger partial charge in [0, 0.05) is 56.7 Å². The van der Waals surface area contributed by atoms with Gasteiger partial charge in [0.1, 0.15) is 5.84 Å². The quantitative estimate of drug-likeness (QED) is 0.211. The molecule has 3 rings (SSSR count). The highest BCUT2D eigenvalue weighted by Gasteiger charge is 2.31. The molecular weight excluding hydrogens is 528 g/mol. The van der Waals surface area contributed by atoms with E-state index in [4.69, 9.17) is 20.0 Å².